The zero-order chi connectivity index (χ0) is 28.1. The number of ether oxygens (including phenoxy) is 1. The molecule has 0 bridgehead atoms. The quantitative estimate of drug-likeness (QED) is 0.299. The van der Waals surface area contributed by atoms with Gasteiger partial charge in [-0.3, -0.25) is 14.5 Å². The average Bonchev–Trinajstić information content (AvgIpc) is 3.29. The fourth-order valence-corrected chi connectivity index (χ4v) is 4.59. The van der Waals surface area contributed by atoms with Crippen molar-refractivity contribution in [2.75, 3.05) is 5.32 Å². The summed E-state index contributed by atoms with van der Waals surface area (Å²) >= 11 is 0. The van der Waals surface area contributed by atoms with Gasteiger partial charge < -0.3 is 15.4 Å². The van der Waals surface area contributed by atoms with Gasteiger partial charge in [0.2, 0.25) is 5.91 Å². The Balaban J connectivity index is 1.40. The Morgan fingerprint density at radius 2 is 1.60 bits per heavy atom. The second kappa shape index (κ2) is 11.8. The highest BCUT2D eigenvalue weighted by molar-refractivity contribution is 6.04. The number of anilines is 1. The lowest BCUT2D eigenvalue weighted by Gasteiger charge is -2.24. The maximum absolute atomic E-state index is 13.6. The van der Waals surface area contributed by atoms with E-state index in [0.717, 1.165) is 16.7 Å². The molecule has 7 nitrogen and oxygen atoms in total. The maximum Gasteiger partial charge on any atom is 0.411 e. The van der Waals surface area contributed by atoms with Crippen LogP contribution in [0.2, 0.25) is 0 Å². The molecule has 8 heteroatoms. The summed E-state index contributed by atoms with van der Waals surface area (Å²) in [5, 5.41) is 5.73. The number of carbonyl (C=O) groups excluding carboxylic acids is 3. The zero-order valence-electron chi connectivity index (χ0n) is 21.8. The van der Waals surface area contributed by atoms with Crippen LogP contribution >= 0.6 is 0 Å². The van der Waals surface area contributed by atoms with Crippen molar-refractivity contribution in [1.82, 2.24) is 10.2 Å². The lowest BCUT2D eigenvalue weighted by atomic mass is 9.99. The number of aryl methyl sites for hydroxylation is 1. The molecule has 4 aromatic carbocycles. The molecule has 0 unspecified atom stereocenters. The fourth-order valence-electron chi connectivity index (χ4n) is 4.59. The van der Waals surface area contributed by atoms with Crippen LogP contribution in [0.25, 0.3) is 0 Å². The number of nitrogens with one attached hydrogen (secondary N) is 2. The number of hydrogen-bond donors (Lipinski definition) is 2. The third kappa shape index (κ3) is 6.18. The summed E-state index contributed by atoms with van der Waals surface area (Å²) in [6, 6.07) is 28.3. The Kier molecular flexibility index (Phi) is 7.87. The highest BCUT2D eigenvalue weighted by Crippen LogP contribution is 2.35. The van der Waals surface area contributed by atoms with Crippen molar-refractivity contribution in [3.8, 4) is 0 Å². The van der Waals surface area contributed by atoms with E-state index >= 15 is 0 Å². The van der Waals surface area contributed by atoms with Gasteiger partial charge in [0.05, 0.1) is 6.54 Å². The first-order valence-electron chi connectivity index (χ1n) is 12.9. The third-order valence-corrected chi connectivity index (χ3v) is 6.72. The first-order valence-corrected chi connectivity index (χ1v) is 12.9. The van der Waals surface area contributed by atoms with E-state index < -0.39 is 30.0 Å². The van der Waals surface area contributed by atoms with Gasteiger partial charge in [0, 0.05) is 17.8 Å². The zero-order valence-corrected chi connectivity index (χ0v) is 21.8. The maximum atomic E-state index is 13.6. The van der Waals surface area contributed by atoms with Gasteiger partial charge in [-0.1, -0.05) is 72.3 Å². The van der Waals surface area contributed by atoms with E-state index in [-0.39, 0.29) is 12.5 Å². The Hall–Kier alpha value is -4.98. The van der Waals surface area contributed by atoms with Crippen LogP contribution in [0.5, 0.6) is 0 Å². The molecular formula is C32H28FN3O4. The van der Waals surface area contributed by atoms with E-state index in [2.05, 4.69) is 10.6 Å². The largest absolute Gasteiger partial charge is 0.438 e. The van der Waals surface area contributed by atoms with Crippen molar-refractivity contribution in [3.63, 3.8) is 0 Å². The summed E-state index contributed by atoms with van der Waals surface area (Å²) in [5.74, 6) is -1.21. The van der Waals surface area contributed by atoms with Crippen molar-refractivity contribution < 1.29 is 23.5 Å². The standard InChI is InChI=1S/C32H28FN3O4/c1-21-10-12-23(13-11-21)20-36-28(31(38)34-19-22-6-3-2-4-7-22)29(40-32(36)39)25-8-5-9-27(18-25)35-30(37)24-14-16-26(33)17-15-24/h2-18,28-29H,19-20H2,1H3,(H,34,38)(H,35,37)/t28-,29-/m0/s1. The Bertz CT molecular complexity index is 1510. The Morgan fingerprint density at radius 3 is 2.33 bits per heavy atom. The van der Waals surface area contributed by atoms with Gasteiger partial charge in [0.15, 0.2) is 12.1 Å². The van der Waals surface area contributed by atoms with Gasteiger partial charge in [-0.15, -0.1) is 0 Å². The number of halogens is 1. The lowest BCUT2D eigenvalue weighted by Crippen LogP contribution is -2.46. The number of nitrogens with zero attached hydrogens (tertiary/aromatic N) is 1. The van der Waals surface area contributed by atoms with E-state index in [1.807, 2.05) is 61.5 Å². The summed E-state index contributed by atoms with van der Waals surface area (Å²) in [7, 11) is 0. The molecule has 0 radical (unpaired) electrons. The van der Waals surface area contributed by atoms with Crippen molar-refractivity contribution in [3.05, 3.63) is 137 Å². The van der Waals surface area contributed by atoms with Crippen molar-refractivity contribution >= 4 is 23.6 Å². The number of cyclic esters (lactones) is 1. The summed E-state index contributed by atoms with van der Waals surface area (Å²) < 4.78 is 19.0. The number of rotatable bonds is 8. The first-order chi connectivity index (χ1) is 19.4. The number of benzene rings is 4. The van der Waals surface area contributed by atoms with Crippen LogP contribution in [0.4, 0.5) is 14.9 Å². The normalized spacial score (nSPS) is 16.4. The third-order valence-electron chi connectivity index (χ3n) is 6.72. The van der Waals surface area contributed by atoms with Crippen LogP contribution in [0.1, 0.15) is 38.7 Å². The predicted molar refractivity (Wildman–Crippen MR) is 149 cm³/mol. The second-order valence-electron chi connectivity index (χ2n) is 9.65. The van der Waals surface area contributed by atoms with E-state index in [4.69, 9.17) is 4.74 Å². The van der Waals surface area contributed by atoms with E-state index in [0.29, 0.717) is 23.4 Å². The molecule has 0 aromatic heterocycles. The Labute approximate surface area is 231 Å². The SMILES string of the molecule is Cc1ccc(CN2C(=O)O[C@@H](c3cccc(NC(=O)c4ccc(F)cc4)c3)[C@H]2C(=O)NCc2ccccc2)cc1. The molecule has 0 aliphatic carbocycles. The fraction of sp³-hybridized carbons (Fsp3) is 0.156. The van der Waals surface area contributed by atoms with Gasteiger partial charge in [0.25, 0.3) is 5.91 Å². The van der Waals surface area contributed by atoms with E-state index in [1.54, 1.807) is 24.3 Å². The molecule has 1 aliphatic heterocycles. The number of carbonyl (C=O) groups is 3. The highest BCUT2D eigenvalue weighted by atomic mass is 19.1. The molecular weight excluding hydrogens is 509 g/mol. The topological polar surface area (TPSA) is 87.7 Å². The summed E-state index contributed by atoms with van der Waals surface area (Å²) in [4.78, 5) is 40.8. The molecule has 4 aromatic rings. The minimum absolute atomic E-state index is 0.194. The summed E-state index contributed by atoms with van der Waals surface area (Å²) in [6.45, 7) is 2.47. The second-order valence-corrected chi connectivity index (χ2v) is 9.65. The Morgan fingerprint density at radius 1 is 0.875 bits per heavy atom. The summed E-state index contributed by atoms with van der Waals surface area (Å²) in [5.41, 5.74) is 4.17. The monoisotopic (exact) mass is 537 g/mol. The molecule has 2 atom stereocenters. The van der Waals surface area contributed by atoms with Crippen molar-refractivity contribution in [2.45, 2.75) is 32.2 Å². The minimum Gasteiger partial charge on any atom is -0.438 e. The molecule has 202 valence electrons. The van der Waals surface area contributed by atoms with Crippen LogP contribution in [-0.4, -0.2) is 28.8 Å². The molecule has 5 rings (SSSR count). The molecule has 0 spiro atoms. The number of amides is 3. The van der Waals surface area contributed by atoms with Crippen LogP contribution in [0, 0.1) is 12.7 Å². The molecule has 0 saturated carbocycles. The predicted octanol–water partition coefficient (Wildman–Crippen LogP) is 5.76. The van der Waals surface area contributed by atoms with E-state index in [1.165, 1.54) is 29.2 Å². The van der Waals surface area contributed by atoms with Gasteiger partial charge in [-0.2, -0.15) is 0 Å². The molecule has 1 heterocycles. The number of hydrogen-bond acceptors (Lipinski definition) is 4. The van der Waals surface area contributed by atoms with Crippen LogP contribution in [-0.2, 0) is 22.6 Å². The lowest BCUT2D eigenvalue weighted by molar-refractivity contribution is -0.126. The van der Waals surface area contributed by atoms with Crippen molar-refractivity contribution in [2.24, 2.45) is 0 Å². The van der Waals surface area contributed by atoms with Crippen molar-refractivity contribution in [1.29, 1.82) is 0 Å². The molecule has 40 heavy (non-hydrogen) atoms. The van der Waals surface area contributed by atoms with Gasteiger partial charge >= 0.3 is 6.09 Å². The molecule has 1 saturated heterocycles. The van der Waals surface area contributed by atoms with Gasteiger partial charge in [-0.05, 0) is 60.0 Å². The average molecular weight is 538 g/mol. The molecule has 2 N–H and O–H groups in total. The molecule has 1 aliphatic rings. The molecule has 3 amide bonds. The molecule has 1 fully saturated rings. The smallest absolute Gasteiger partial charge is 0.411 e. The van der Waals surface area contributed by atoms with E-state index in [9.17, 15) is 18.8 Å². The minimum atomic E-state index is -0.944. The van der Waals surface area contributed by atoms with Crippen LogP contribution in [0.3, 0.4) is 0 Å². The highest BCUT2D eigenvalue weighted by Gasteiger charge is 2.47. The van der Waals surface area contributed by atoms with Crippen LogP contribution in [0.15, 0.2) is 103 Å². The van der Waals surface area contributed by atoms with Gasteiger partial charge in [-0.25, -0.2) is 9.18 Å². The van der Waals surface area contributed by atoms with Crippen LogP contribution < -0.4 is 10.6 Å². The van der Waals surface area contributed by atoms with Gasteiger partial charge in [0.1, 0.15) is 5.82 Å². The first kappa shape index (κ1) is 26.6. The summed E-state index contributed by atoms with van der Waals surface area (Å²) in [6.07, 6.45) is -1.51.